The smallest absolute Gasteiger partial charge is 0.293 e. The van der Waals surface area contributed by atoms with Crippen molar-refractivity contribution in [1.82, 2.24) is 5.27 Å². The summed E-state index contributed by atoms with van der Waals surface area (Å²) in [6, 6.07) is 0. The van der Waals surface area contributed by atoms with E-state index in [1.165, 1.54) is 0 Å². The molecule has 1 aromatic rings. The summed E-state index contributed by atoms with van der Waals surface area (Å²) in [5.41, 5.74) is 5.30. The molecule has 5 heteroatoms. The number of hydrogen-bond donors (Lipinski definition) is 1. The van der Waals surface area contributed by atoms with Gasteiger partial charge in [0.05, 0.1) is 0 Å². The molecule has 0 atom stereocenters. The van der Waals surface area contributed by atoms with Crippen LogP contribution in [0.15, 0.2) is 10.7 Å². The SMILES string of the molecule is CCCC[n+]1cc(N)on1.[Cl-]. The fraction of sp³-hybridized carbons (Fsp3) is 0.667. The zero-order valence-electron chi connectivity index (χ0n) is 6.46. The van der Waals surface area contributed by atoms with E-state index in [1.807, 2.05) is 0 Å². The van der Waals surface area contributed by atoms with Gasteiger partial charge >= 0.3 is 0 Å². The molecule has 4 nitrogen and oxygen atoms in total. The highest BCUT2D eigenvalue weighted by molar-refractivity contribution is 5.11. The molecule has 64 valence electrons. The van der Waals surface area contributed by atoms with Gasteiger partial charge in [0.15, 0.2) is 6.54 Å². The molecular weight excluding hydrogens is 166 g/mol. The molecule has 0 saturated carbocycles. The molecule has 0 bridgehead atoms. The number of anilines is 1. The number of nitrogens with two attached hydrogens (primary N) is 1. The average molecular weight is 178 g/mol. The lowest BCUT2D eigenvalue weighted by molar-refractivity contribution is -0.762. The molecule has 1 aromatic heterocycles. The normalized spacial score (nSPS) is 9.18. The van der Waals surface area contributed by atoms with E-state index >= 15 is 0 Å². The second-order valence-corrected chi connectivity index (χ2v) is 2.22. The van der Waals surface area contributed by atoms with Gasteiger partial charge in [-0.05, 0) is 0 Å². The lowest BCUT2D eigenvalue weighted by Gasteiger charge is -1.82. The van der Waals surface area contributed by atoms with Gasteiger partial charge < -0.3 is 18.1 Å². The van der Waals surface area contributed by atoms with Crippen LogP contribution in [-0.2, 0) is 6.54 Å². The van der Waals surface area contributed by atoms with Crippen LogP contribution in [0.4, 0.5) is 5.88 Å². The molecule has 0 aliphatic heterocycles. The van der Waals surface area contributed by atoms with Crippen LogP contribution in [0.1, 0.15) is 19.8 Å². The Morgan fingerprint density at radius 1 is 1.73 bits per heavy atom. The number of aryl methyl sites for hydroxylation is 1. The van der Waals surface area contributed by atoms with Crippen molar-refractivity contribution in [3.63, 3.8) is 0 Å². The number of rotatable bonds is 3. The highest BCUT2D eigenvalue weighted by Gasteiger charge is 2.05. The summed E-state index contributed by atoms with van der Waals surface area (Å²) >= 11 is 0. The molecular formula is C6H12ClN3O. The highest BCUT2D eigenvalue weighted by atomic mass is 35.5. The molecule has 0 saturated heterocycles. The molecule has 0 aliphatic carbocycles. The molecule has 0 unspecified atom stereocenters. The van der Waals surface area contributed by atoms with E-state index in [9.17, 15) is 0 Å². The Morgan fingerprint density at radius 2 is 2.45 bits per heavy atom. The fourth-order valence-electron chi connectivity index (χ4n) is 0.719. The standard InChI is InChI=1S/C6H12N3O.ClH/c1-2-3-4-9-5-6(7)10-8-9;/h5H,2-4,7H2,1H3;1H/q+1;/p-1. The number of hydrogen-bond acceptors (Lipinski definition) is 3. The van der Waals surface area contributed by atoms with Crippen molar-refractivity contribution in [2.45, 2.75) is 26.3 Å². The minimum Gasteiger partial charge on any atom is -1.00 e. The summed E-state index contributed by atoms with van der Waals surface area (Å²) in [4.78, 5) is 0. The molecule has 11 heavy (non-hydrogen) atoms. The first-order valence-electron chi connectivity index (χ1n) is 3.45. The zero-order chi connectivity index (χ0) is 7.40. The first kappa shape index (κ1) is 10.2. The number of aromatic nitrogens is 2. The first-order chi connectivity index (χ1) is 4.83. The Kier molecular flexibility index (Phi) is 4.61. The zero-order valence-corrected chi connectivity index (χ0v) is 7.21. The molecule has 1 rings (SSSR count). The highest BCUT2D eigenvalue weighted by Crippen LogP contribution is 1.91. The third kappa shape index (κ3) is 3.23. The van der Waals surface area contributed by atoms with Crippen LogP contribution in [0.5, 0.6) is 0 Å². The van der Waals surface area contributed by atoms with Crippen molar-refractivity contribution in [2.75, 3.05) is 5.73 Å². The van der Waals surface area contributed by atoms with Crippen LogP contribution < -0.4 is 22.8 Å². The van der Waals surface area contributed by atoms with Crippen molar-refractivity contribution in [3.05, 3.63) is 6.20 Å². The summed E-state index contributed by atoms with van der Waals surface area (Å²) < 4.78 is 6.36. The minimum atomic E-state index is 0. The van der Waals surface area contributed by atoms with Gasteiger partial charge in [-0.1, -0.05) is 18.0 Å². The monoisotopic (exact) mass is 177 g/mol. The van der Waals surface area contributed by atoms with Gasteiger partial charge in [0.2, 0.25) is 5.27 Å². The number of nitrogen functional groups attached to an aromatic ring is 1. The molecule has 0 aliphatic rings. The van der Waals surface area contributed by atoms with E-state index in [-0.39, 0.29) is 12.4 Å². The van der Waals surface area contributed by atoms with E-state index in [0.717, 1.165) is 19.4 Å². The summed E-state index contributed by atoms with van der Waals surface area (Å²) in [5, 5.41) is 3.67. The Bertz CT molecular complexity index is 201. The quantitative estimate of drug-likeness (QED) is 0.514. The lowest BCUT2D eigenvalue weighted by Crippen LogP contribution is -3.00. The Morgan fingerprint density at radius 3 is 2.91 bits per heavy atom. The number of halogens is 1. The van der Waals surface area contributed by atoms with E-state index in [1.54, 1.807) is 10.9 Å². The van der Waals surface area contributed by atoms with Crippen LogP contribution in [-0.4, -0.2) is 5.27 Å². The topological polar surface area (TPSA) is 55.9 Å². The predicted molar refractivity (Wildman–Crippen MR) is 36.0 cm³/mol. The van der Waals surface area contributed by atoms with Crippen LogP contribution >= 0.6 is 0 Å². The van der Waals surface area contributed by atoms with Crippen LogP contribution in [0.3, 0.4) is 0 Å². The molecule has 0 fully saturated rings. The molecule has 0 amide bonds. The largest absolute Gasteiger partial charge is 1.00 e. The van der Waals surface area contributed by atoms with Gasteiger partial charge in [0.1, 0.15) is 0 Å². The van der Waals surface area contributed by atoms with Gasteiger partial charge in [-0.15, -0.1) is 0 Å². The van der Waals surface area contributed by atoms with E-state index in [4.69, 9.17) is 5.73 Å². The Balaban J connectivity index is 0.000001000. The summed E-state index contributed by atoms with van der Waals surface area (Å²) in [6.45, 7) is 3.02. The Labute approximate surface area is 71.7 Å². The third-order valence-electron chi connectivity index (χ3n) is 1.27. The van der Waals surface area contributed by atoms with Crippen molar-refractivity contribution in [3.8, 4) is 0 Å². The van der Waals surface area contributed by atoms with Crippen LogP contribution in [0.2, 0.25) is 0 Å². The molecule has 0 aromatic carbocycles. The first-order valence-corrected chi connectivity index (χ1v) is 3.45. The van der Waals surface area contributed by atoms with Crippen molar-refractivity contribution in [1.29, 1.82) is 0 Å². The van der Waals surface area contributed by atoms with Gasteiger partial charge in [0, 0.05) is 6.42 Å². The minimum absolute atomic E-state index is 0. The van der Waals surface area contributed by atoms with Gasteiger partial charge in [-0.25, -0.2) is 0 Å². The van der Waals surface area contributed by atoms with E-state index in [2.05, 4.69) is 16.7 Å². The van der Waals surface area contributed by atoms with Crippen molar-refractivity contribution >= 4 is 5.88 Å². The van der Waals surface area contributed by atoms with Crippen molar-refractivity contribution in [2.24, 2.45) is 0 Å². The summed E-state index contributed by atoms with van der Waals surface area (Å²) in [5.74, 6) is 0.371. The second kappa shape index (κ2) is 4.96. The fourth-order valence-corrected chi connectivity index (χ4v) is 0.719. The van der Waals surface area contributed by atoms with Gasteiger partial charge in [-0.2, -0.15) is 0 Å². The van der Waals surface area contributed by atoms with E-state index < -0.39 is 0 Å². The number of nitrogens with zero attached hydrogens (tertiary/aromatic N) is 2. The average Bonchev–Trinajstić information content (AvgIpc) is 2.31. The molecule has 2 N–H and O–H groups in total. The van der Waals surface area contributed by atoms with E-state index in [0.29, 0.717) is 5.88 Å². The van der Waals surface area contributed by atoms with Gasteiger partial charge in [0.25, 0.3) is 12.1 Å². The number of unbranched alkanes of at least 4 members (excludes halogenated alkanes) is 1. The maximum Gasteiger partial charge on any atom is 0.293 e. The maximum absolute atomic E-state index is 5.30. The molecule has 0 spiro atoms. The third-order valence-corrected chi connectivity index (χ3v) is 1.27. The predicted octanol–water partition coefficient (Wildman–Crippen LogP) is -2.65. The van der Waals surface area contributed by atoms with Crippen LogP contribution in [0, 0.1) is 0 Å². The van der Waals surface area contributed by atoms with Crippen molar-refractivity contribution < 1.29 is 21.6 Å². The maximum atomic E-state index is 5.30. The molecule has 0 radical (unpaired) electrons. The van der Waals surface area contributed by atoms with Gasteiger partial charge in [-0.3, -0.25) is 4.52 Å². The second-order valence-electron chi connectivity index (χ2n) is 2.22. The Hall–Kier alpha value is -0.770. The lowest BCUT2D eigenvalue weighted by atomic mass is 10.3. The summed E-state index contributed by atoms with van der Waals surface area (Å²) in [7, 11) is 0. The van der Waals surface area contributed by atoms with Crippen LogP contribution in [0.25, 0.3) is 0 Å². The molecule has 1 heterocycles. The summed E-state index contributed by atoms with van der Waals surface area (Å²) in [6.07, 6.45) is 3.95.